The molecule has 0 unspecified atom stereocenters. The number of nitrogens with two attached hydrogens (primary N) is 2. The second-order valence-corrected chi connectivity index (χ2v) is 21.3. The number of esters is 1. The lowest BCUT2D eigenvalue weighted by molar-refractivity contribution is -0.201. The van der Waals surface area contributed by atoms with Crippen LogP contribution in [0.3, 0.4) is 0 Å². The Labute approximate surface area is 423 Å². The van der Waals surface area contributed by atoms with Crippen molar-refractivity contribution in [1.29, 1.82) is 0 Å². The summed E-state index contributed by atoms with van der Waals surface area (Å²) >= 11 is 0. The van der Waals surface area contributed by atoms with E-state index in [1.54, 1.807) is 21.2 Å². The van der Waals surface area contributed by atoms with E-state index in [4.69, 9.17) is 38.5 Å². The number of hydrogen-bond acceptors (Lipinski definition) is 16. The highest BCUT2D eigenvalue weighted by atomic mass is 32.3. The van der Waals surface area contributed by atoms with E-state index < -0.39 is 67.8 Å². The van der Waals surface area contributed by atoms with Gasteiger partial charge in [-0.15, -0.1) is 5.11 Å². The zero-order valence-electron chi connectivity index (χ0n) is 42.1. The predicted molar refractivity (Wildman–Crippen MR) is 268 cm³/mol. The number of rotatable bonds is 9. The molecule has 6 aliphatic rings. The van der Waals surface area contributed by atoms with E-state index in [0.717, 1.165) is 46.5 Å². The summed E-state index contributed by atoms with van der Waals surface area (Å²) in [4.78, 5) is 56.3. The second kappa shape index (κ2) is 19.4. The molecule has 11 N–H and O–H groups in total. The number of aromatic nitrogens is 3. The number of benzene rings is 2. The number of aliphatic hydroxyl groups is 3. The normalized spacial score (nSPS) is 32.1. The van der Waals surface area contributed by atoms with Crippen LogP contribution >= 0.6 is 0 Å². The van der Waals surface area contributed by atoms with E-state index in [1.165, 1.54) is 18.4 Å². The molecule has 2 amide bonds. The topological polar surface area (TPSA) is 339 Å². The summed E-state index contributed by atoms with van der Waals surface area (Å²) in [5, 5.41) is 46.9. The molecule has 0 radical (unpaired) electrons. The molecule has 23 nitrogen and oxygen atoms in total. The first-order valence-corrected chi connectivity index (χ1v) is 25.6. The van der Waals surface area contributed by atoms with E-state index in [1.807, 2.05) is 62.2 Å². The Bertz CT molecular complexity index is 2960. The van der Waals surface area contributed by atoms with Crippen LogP contribution in [0.4, 0.5) is 11.5 Å². The van der Waals surface area contributed by atoms with E-state index in [9.17, 15) is 24.9 Å². The van der Waals surface area contributed by atoms with E-state index in [0.29, 0.717) is 69.5 Å². The van der Waals surface area contributed by atoms with Crippen molar-refractivity contribution in [2.24, 2.45) is 33.1 Å². The highest BCUT2D eigenvalue weighted by Crippen LogP contribution is 2.67. The van der Waals surface area contributed by atoms with E-state index in [2.05, 4.69) is 47.2 Å². The number of aromatic amines is 2. The summed E-state index contributed by atoms with van der Waals surface area (Å²) in [5.74, 6) is -1.37. The number of likely N-dealkylation sites (N-methyl/N-ethyl adjacent to an activating group) is 1. The number of anilines is 1. The van der Waals surface area contributed by atoms with Gasteiger partial charge >= 0.3 is 16.4 Å². The molecule has 4 aromatic rings. The van der Waals surface area contributed by atoms with Gasteiger partial charge in [-0.2, -0.15) is 8.42 Å². The number of nitrogens with zero attached hydrogens (tertiary/aromatic N) is 7. The zero-order valence-corrected chi connectivity index (χ0v) is 42.9. The van der Waals surface area contributed by atoms with Crippen LogP contribution in [0.15, 0.2) is 65.2 Å². The summed E-state index contributed by atoms with van der Waals surface area (Å²) in [6.07, 6.45) is 7.12. The molecule has 5 aliphatic heterocycles. The number of methoxy groups -OCH3 is 2. The van der Waals surface area contributed by atoms with Crippen molar-refractivity contribution < 1.29 is 56.7 Å². The maximum atomic E-state index is 15.2. The number of carbonyl (C=O) groups excluding carboxylic acids is 3. The van der Waals surface area contributed by atoms with Crippen LogP contribution in [0.25, 0.3) is 10.9 Å². The molecule has 2 aromatic carbocycles. The lowest BCUT2D eigenvalue weighted by Crippen LogP contribution is -2.81. The van der Waals surface area contributed by atoms with Gasteiger partial charge in [-0.05, 0) is 74.2 Å². The molecule has 73 heavy (non-hydrogen) atoms. The first-order valence-electron chi connectivity index (χ1n) is 24.2. The monoisotopic (exact) mass is 1030 g/mol. The Kier molecular flexibility index (Phi) is 14.1. The Morgan fingerprint density at radius 1 is 1.01 bits per heavy atom. The van der Waals surface area contributed by atoms with Crippen LogP contribution in [0.5, 0.6) is 5.75 Å². The minimum absolute atomic E-state index is 0.0790. The van der Waals surface area contributed by atoms with Crippen molar-refractivity contribution >= 4 is 50.6 Å². The fourth-order valence-corrected chi connectivity index (χ4v) is 13.7. The Morgan fingerprint density at radius 3 is 2.36 bits per heavy atom. The highest BCUT2D eigenvalue weighted by Gasteiger charge is 2.78. The number of para-hydroxylation sites is 1. The van der Waals surface area contributed by atoms with E-state index in [-0.39, 0.29) is 23.5 Å². The molecule has 1 spiro atoms. The lowest BCUT2D eigenvalue weighted by atomic mass is 9.47. The maximum Gasteiger partial charge on any atom is 0.394 e. The number of imidazole rings is 1. The smallest absolute Gasteiger partial charge is 0.394 e. The van der Waals surface area contributed by atoms with Crippen molar-refractivity contribution in [2.45, 2.75) is 92.6 Å². The Morgan fingerprint density at radius 2 is 1.73 bits per heavy atom. The molecule has 3 fully saturated rings. The average molecular weight is 1030 g/mol. The minimum atomic E-state index is -4.67. The van der Waals surface area contributed by atoms with Crippen LogP contribution in [0, 0.1) is 11.3 Å². The van der Waals surface area contributed by atoms with Gasteiger partial charge in [0.2, 0.25) is 0 Å². The number of H-pyrrole nitrogens is 2. The van der Waals surface area contributed by atoms with Gasteiger partial charge < -0.3 is 51.1 Å². The second-order valence-electron chi connectivity index (χ2n) is 20.4. The fourth-order valence-electron chi connectivity index (χ4n) is 13.7. The summed E-state index contributed by atoms with van der Waals surface area (Å²) in [5.41, 5.74) is 9.84. The standard InChI is InChI=1S/C43H55N5O7.C6H10N6O.H2O4S/c1-6-39(52)21-25-22-42(38(51)55-5,33-27(13-17-47(23-25)24-39)26-11-8-9-12-30(26)45-33)29-19-28-31(20-32(29)54-4)46(3)35-41(28)15-18-48-16-10-14-40(7-2,34(41)48)36(49)43(35,53)37(44)50;1-12(2)11-10-6-4(5(7)13)8-3-9-6;1-5(2,3)4/h8-12,14,19-20,25,34-36,45,49,52-53H,6-7,13,15-18,21-24H2,1-5H3,(H2,44,50);3H,1-2H3,(H2,7,13)(H,8,9);(H2,1,2,3,4)/b;11-10+;/t25-,34+,35-,36-,39+,40-,41-,42+,43+;;/m1../s1. The fraction of sp³-hybridized carbons (Fsp3) is 0.551. The molecule has 7 heterocycles. The molecule has 10 rings (SSSR count). The minimum Gasteiger partial charge on any atom is -0.496 e. The summed E-state index contributed by atoms with van der Waals surface area (Å²) in [7, 11) is 3.65. The maximum absolute atomic E-state index is 15.2. The van der Waals surface area contributed by atoms with Crippen LogP contribution < -0.4 is 21.1 Å². The Balaban J connectivity index is 0.000000336. The summed E-state index contributed by atoms with van der Waals surface area (Å²) in [6, 6.07) is 11.0. The van der Waals surface area contributed by atoms with Gasteiger partial charge in [0.1, 0.15) is 17.3 Å². The van der Waals surface area contributed by atoms with E-state index >= 15 is 4.79 Å². The quantitative estimate of drug-likeness (QED) is 0.0381. The van der Waals surface area contributed by atoms with Gasteiger partial charge in [-0.3, -0.25) is 38.3 Å². The molecule has 2 bridgehead atoms. The molecule has 2 saturated heterocycles. The van der Waals surface area contributed by atoms with Crippen molar-refractivity contribution in [3.05, 3.63) is 83.0 Å². The lowest BCUT2D eigenvalue weighted by Gasteiger charge is -2.63. The van der Waals surface area contributed by atoms with Crippen molar-refractivity contribution in [2.75, 3.05) is 73.0 Å². The molecule has 1 aliphatic carbocycles. The van der Waals surface area contributed by atoms with Crippen LogP contribution in [-0.2, 0) is 42.0 Å². The molecule has 2 aromatic heterocycles. The van der Waals surface area contributed by atoms with Crippen LogP contribution in [0.1, 0.15) is 78.8 Å². The van der Waals surface area contributed by atoms with Crippen LogP contribution in [-0.4, -0.2) is 178 Å². The SMILES string of the molecule is CC[C@]1(O)C[C@H]2C[N@](CCc3c([nH]c4ccccc34)[C@@](C(=O)OC)(c3cc4c(cc3OC)N(C)[C@H]3[C@@](O)(C(N)=O)[C@H](O)[C@]5(CC)C=CCN6CC[C@]43[C@@H]65)C2)C1.CN(C)/N=N/c1[nH]cnc1C(N)=O.O=S(=O)(O)O. The predicted octanol–water partition coefficient (Wildman–Crippen LogP) is 2.15. The van der Waals surface area contributed by atoms with Crippen molar-refractivity contribution in [3.8, 4) is 5.75 Å². The average Bonchev–Trinajstić information content (AvgIpc) is 4.13. The number of piperidine rings is 1. The first kappa shape index (κ1) is 53.3. The van der Waals surface area contributed by atoms with Gasteiger partial charge in [0.15, 0.2) is 17.1 Å². The third-order valence-electron chi connectivity index (χ3n) is 16.4. The molecule has 10 atom stereocenters. The number of ether oxygens (including phenoxy) is 2. The molecular formula is C49H67N11O12S. The van der Waals surface area contributed by atoms with Gasteiger partial charge in [-0.25, -0.2) is 4.98 Å². The van der Waals surface area contributed by atoms with Crippen LogP contribution in [0.2, 0.25) is 0 Å². The number of amides is 2. The number of nitrogens with one attached hydrogen (secondary N) is 2. The number of hydrogen-bond donors (Lipinski definition) is 9. The highest BCUT2D eigenvalue weighted by molar-refractivity contribution is 7.79. The molecular weight excluding hydrogens is 967 g/mol. The molecule has 396 valence electrons. The zero-order chi connectivity index (χ0) is 53.2. The third-order valence-corrected chi connectivity index (χ3v) is 16.4. The Hall–Kier alpha value is -5.99. The first-order chi connectivity index (χ1) is 34.4. The van der Waals surface area contributed by atoms with Gasteiger partial charge in [0.25, 0.3) is 11.8 Å². The van der Waals surface area contributed by atoms with Gasteiger partial charge in [0, 0.05) is 98.1 Å². The summed E-state index contributed by atoms with van der Waals surface area (Å²) in [6.45, 7) is 7.39. The molecule has 1 saturated carbocycles. The third kappa shape index (κ3) is 8.63. The van der Waals surface area contributed by atoms with Crippen molar-refractivity contribution in [1.82, 2.24) is 29.8 Å². The number of aliphatic hydroxyl groups excluding tert-OH is 1. The number of carbonyl (C=O) groups is 3. The summed E-state index contributed by atoms with van der Waals surface area (Å²) < 4.78 is 43.8. The van der Waals surface area contributed by atoms with Gasteiger partial charge in [-0.1, -0.05) is 49.4 Å². The number of primary amides is 2. The van der Waals surface area contributed by atoms with Crippen molar-refractivity contribution in [3.63, 3.8) is 0 Å². The molecule has 24 heteroatoms. The largest absolute Gasteiger partial charge is 0.496 e. The number of fused-ring (bicyclic) bond motifs is 6. The van der Waals surface area contributed by atoms with Gasteiger partial charge in [0.05, 0.1) is 32.2 Å².